The molecule has 4 aromatic carbocycles. The maximum Gasteiger partial charge on any atom is 0.259 e. The lowest BCUT2D eigenvalue weighted by Gasteiger charge is -2.39. The van der Waals surface area contributed by atoms with Crippen LogP contribution in [-0.2, 0) is 40.1 Å². The number of hydrogen-bond acceptors (Lipinski definition) is 13. The standard InChI is InChI=1S/C51H58N5O9P/c1-9-10-29-63-66(56(35(2)3)36(4)5)65-47-45(32-62-51(37-17-13-11-14-18-37,38-21-25-41(58-6)26-22-38)39-23-27-42(59-7)28-24-39)64-50(48(47)60-8)55-34-54-46-44(52-33-53-49(46)55)30-40(57)31-61-43-19-15-12-16-20-43/h1,11-28,33-36,45,47-48,50H,10,29-32H2,2-8H3. The Hall–Kier alpha value is -5.75. The zero-order chi connectivity index (χ0) is 46.6. The van der Waals surface area contributed by atoms with E-state index in [4.69, 9.17) is 48.9 Å². The second-order valence-electron chi connectivity index (χ2n) is 16.2. The molecule has 66 heavy (non-hydrogen) atoms. The summed E-state index contributed by atoms with van der Waals surface area (Å²) in [6.45, 7) is 8.62. The van der Waals surface area contributed by atoms with Gasteiger partial charge in [0.1, 0.15) is 59.6 Å². The maximum absolute atomic E-state index is 13.2. The van der Waals surface area contributed by atoms with Crippen LogP contribution in [0, 0.1) is 12.3 Å². The number of carbonyl (C=O) groups is 1. The van der Waals surface area contributed by atoms with Gasteiger partial charge in [-0.25, -0.2) is 19.6 Å². The summed E-state index contributed by atoms with van der Waals surface area (Å²) < 4.78 is 55.6. The van der Waals surface area contributed by atoms with Crippen LogP contribution in [0.4, 0.5) is 0 Å². The molecule has 0 spiro atoms. The summed E-state index contributed by atoms with van der Waals surface area (Å²) in [5.41, 5.74) is 2.80. The second kappa shape index (κ2) is 22.6. The SMILES string of the molecule is C#CCCOP(OC1C(COC(c2ccccc2)(c2ccc(OC)cc2)c2ccc(OC)cc2)OC(n2cnc3c(CC(=O)COc4ccccc4)ncnc32)C1OC)N(C(C)C)C(C)C. The highest BCUT2D eigenvalue weighted by atomic mass is 31.2. The van der Waals surface area contributed by atoms with E-state index in [1.165, 1.54) is 6.33 Å². The van der Waals surface area contributed by atoms with Gasteiger partial charge in [-0.2, -0.15) is 0 Å². The third kappa shape index (κ3) is 10.8. The van der Waals surface area contributed by atoms with Crippen molar-refractivity contribution in [3.63, 3.8) is 0 Å². The molecule has 0 radical (unpaired) electrons. The van der Waals surface area contributed by atoms with Crippen LogP contribution in [0.5, 0.6) is 17.2 Å². The van der Waals surface area contributed by atoms with Gasteiger partial charge in [-0.15, -0.1) is 12.3 Å². The quantitative estimate of drug-likeness (QED) is 0.0263. The zero-order valence-electron chi connectivity index (χ0n) is 38.5. The molecule has 1 aliphatic rings. The Morgan fingerprint density at radius 1 is 0.803 bits per heavy atom. The van der Waals surface area contributed by atoms with Crippen molar-refractivity contribution < 1.29 is 42.3 Å². The van der Waals surface area contributed by atoms with Crippen LogP contribution in [0.25, 0.3) is 11.2 Å². The summed E-state index contributed by atoms with van der Waals surface area (Å²) in [5, 5.41) is 0. The number of para-hydroxylation sites is 1. The van der Waals surface area contributed by atoms with Gasteiger partial charge in [-0.1, -0.05) is 72.8 Å². The molecule has 0 aliphatic carbocycles. The largest absolute Gasteiger partial charge is 0.497 e. The number of Topliss-reactive ketones (excluding diaryl/α,β-unsaturated/α-hetero) is 1. The number of terminal acetylenes is 1. The number of ether oxygens (including phenoxy) is 6. The molecular weight excluding hydrogens is 858 g/mol. The Morgan fingerprint density at radius 2 is 1.41 bits per heavy atom. The molecule has 1 saturated heterocycles. The summed E-state index contributed by atoms with van der Waals surface area (Å²) in [5.74, 6) is 4.54. The normalized spacial score (nSPS) is 17.9. The lowest BCUT2D eigenvalue weighted by atomic mass is 9.80. The fourth-order valence-corrected chi connectivity index (χ4v) is 10.0. The van der Waals surface area contributed by atoms with E-state index in [1.54, 1.807) is 44.4 Å². The van der Waals surface area contributed by atoms with Crippen molar-refractivity contribution in [2.24, 2.45) is 0 Å². The van der Waals surface area contributed by atoms with Crippen LogP contribution < -0.4 is 14.2 Å². The van der Waals surface area contributed by atoms with Crippen LogP contribution in [0.1, 0.15) is 62.7 Å². The van der Waals surface area contributed by atoms with Gasteiger partial charge in [0.25, 0.3) is 8.53 Å². The van der Waals surface area contributed by atoms with Crippen molar-refractivity contribution in [2.45, 2.75) is 82.8 Å². The van der Waals surface area contributed by atoms with Gasteiger partial charge in [0.15, 0.2) is 17.7 Å². The van der Waals surface area contributed by atoms with Crippen molar-refractivity contribution in [1.29, 1.82) is 0 Å². The van der Waals surface area contributed by atoms with Crippen molar-refractivity contribution in [3.8, 4) is 29.6 Å². The van der Waals surface area contributed by atoms with Crippen molar-refractivity contribution in [2.75, 3.05) is 41.2 Å². The molecule has 1 aliphatic heterocycles. The van der Waals surface area contributed by atoms with Crippen LogP contribution in [0.15, 0.2) is 122 Å². The van der Waals surface area contributed by atoms with E-state index >= 15 is 0 Å². The first kappa shape index (κ1) is 48.2. The lowest BCUT2D eigenvalue weighted by Crippen LogP contribution is -2.42. The molecule has 0 N–H and O–H groups in total. The van der Waals surface area contributed by atoms with E-state index < -0.39 is 38.7 Å². The van der Waals surface area contributed by atoms with E-state index in [0.717, 1.165) is 16.7 Å². The molecule has 5 atom stereocenters. The summed E-state index contributed by atoms with van der Waals surface area (Å²) in [4.78, 5) is 27.1. The van der Waals surface area contributed by atoms with Gasteiger partial charge < -0.3 is 37.5 Å². The van der Waals surface area contributed by atoms with Crippen LogP contribution in [0.2, 0.25) is 0 Å². The average molecular weight is 916 g/mol. The summed E-state index contributed by atoms with van der Waals surface area (Å²) in [6.07, 6.45) is 6.09. The van der Waals surface area contributed by atoms with Gasteiger partial charge in [-0.3, -0.25) is 9.36 Å². The van der Waals surface area contributed by atoms with E-state index in [0.29, 0.717) is 47.1 Å². The Kier molecular flexibility index (Phi) is 16.5. The van der Waals surface area contributed by atoms with Gasteiger partial charge >= 0.3 is 0 Å². The highest BCUT2D eigenvalue weighted by Crippen LogP contribution is 2.51. The highest BCUT2D eigenvalue weighted by Gasteiger charge is 2.51. The van der Waals surface area contributed by atoms with Crippen molar-refractivity contribution in [1.82, 2.24) is 24.2 Å². The molecule has 7 rings (SSSR count). The Balaban J connectivity index is 1.29. The molecular formula is C51H58N5O9P. The van der Waals surface area contributed by atoms with Gasteiger partial charge in [0.05, 0.1) is 45.9 Å². The lowest BCUT2D eigenvalue weighted by molar-refractivity contribution is -0.120. The number of fused-ring (bicyclic) bond motifs is 1. The summed E-state index contributed by atoms with van der Waals surface area (Å²) in [6, 6.07) is 35.1. The fourth-order valence-electron chi connectivity index (χ4n) is 8.27. The first-order valence-electron chi connectivity index (χ1n) is 22.0. The smallest absolute Gasteiger partial charge is 0.259 e. The van der Waals surface area contributed by atoms with Crippen LogP contribution in [0.3, 0.4) is 0 Å². The second-order valence-corrected chi connectivity index (χ2v) is 17.6. The molecule has 1 fully saturated rings. The number of hydrogen-bond donors (Lipinski definition) is 0. The predicted molar refractivity (Wildman–Crippen MR) is 252 cm³/mol. The fraction of sp³-hybridized carbons (Fsp3) is 0.373. The average Bonchev–Trinajstić information content (AvgIpc) is 3.93. The number of imidazole rings is 1. The van der Waals surface area contributed by atoms with Crippen molar-refractivity contribution in [3.05, 3.63) is 144 Å². The first-order valence-corrected chi connectivity index (χ1v) is 23.1. The van der Waals surface area contributed by atoms with Crippen molar-refractivity contribution >= 4 is 25.5 Å². The van der Waals surface area contributed by atoms with E-state index in [-0.39, 0.29) is 37.5 Å². The molecule has 2 aromatic heterocycles. The monoisotopic (exact) mass is 915 g/mol. The number of ketones is 1. The Labute approximate surface area is 388 Å². The first-order chi connectivity index (χ1) is 32.1. The molecule has 5 unspecified atom stereocenters. The molecule has 14 nitrogen and oxygen atoms in total. The summed E-state index contributed by atoms with van der Waals surface area (Å²) >= 11 is 0. The van der Waals surface area contributed by atoms with E-state index in [1.807, 2.05) is 97.1 Å². The molecule has 0 saturated carbocycles. The minimum atomic E-state index is -1.72. The number of methoxy groups -OCH3 is 3. The van der Waals surface area contributed by atoms with Crippen LogP contribution in [-0.4, -0.2) is 102 Å². The maximum atomic E-state index is 13.2. The molecule has 6 aromatic rings. The molecule has 0 bridgehead atoms. The Bertz CT molecular complexity index is 2450. The van der Waals surface area contributed by atoms with Gasteiger partial charge in [0, 0.05) is 25.6 Å². The zero-order valence-corrected chi connectivity index (χ0v) is 39.4. The van der Waals surface area contributed by atoms with Gasteiger partial charge in [-0.05, 0) is 80.8 Å². The molecule has 15 heteroatoms. The van der Waals surface area contributed by atoms with E-state index in [2.05, 4.69) is 48.3 Å². The number of aromatic nitrogens is 4. The topological polar surface area (TPSA) is 138 Å². The number of carbonyl (C=O) groups excluding carboxylic acids is 1. The Morgan fingerprint density at radius 3 is 1.98 bits per heavy atom. The molecule has 346 valence electrons. The molecule has 3 heterocycles. The number of nitrogens with zero attached hydrogens (tertiary/aromatic N) is 5. The summed E-state index contributed by atoms with van der Waals surface area (Å²) in [7, 11) is 3.19. The number of benzene rings is 4. The van der Waals surface area contributed by atoms with E-state index in [9.17, 15) is 4.79 Å². The minimum absolute atomic E-state index is 0.0118. The van der Waals surface area contributed by atoms with Crippen LogP contribution >= 0.6 is 8.53 Å². The van der Waals surface area contributed by atoms with Gasteiger partial charge in [0.2, 0.25) is 0 Å². The third-order valence-electron chi connectivity index (χ3n) is 11.3. The third-order valence-corrected chi connectivity index (χ3v) is 13.4. The highest BCUT2D eigenvalue weighted by molar-refractivity contribution is 7.44. The minimum Gasteiger partial charge on any atom is -0.497 e. The molecule has 0 amide bonds. The number of rotatable bonds is 23. The predicted octanol–water partition coefficient (Wildman–Crippen LogP) is 8.73.